The predicted molar refractivity (Wildman–Crippen MR) is 40.2 cm³/mol. The molecule has 1 aliphatic heterocycles. The Morgan fingerprint density at radius 3 is 2.55 bits per heavy atom. The predicted octanol–water partition coefficient (Wildman–Crippen LogP) is 0.361. The van der Waals surface area contributed by atoms with Gasteiger partial charge in [0.25, 0.3) is 0 Å². The summed E-state index contributed by atoms with van der Waals surface area (Å²) < 4.78 is 5.37. The molecule has 3 unspecified atom stereocenters. The van der Waals surface area contributed by atoms with Crippen molar-refractivity contribution in [3.05, 3.63) is 0 Å². The number of ether oxygens (including phenoxy) is 1. The Morgan fingerprint density at radius 2 is 2.36 bits per heavy atom. The monoisotopic (exact) mass is 158 g/mol. The van der Waals surface area contributed by atoms with E-state index in [2.05, 4.69) is 0 Å². The quantitative estimate of drug-likeness (QED) is 0.590. The van der Waals surface area contributed by atoms with E-state index in [0.717, 1.165) is 6.29 Å². The first-order valence-electron chi connectivity index (χ1n) is 3.87. The second-order valence-electron chi connectivity index (χ2n) is 3.30. The molecule has 0 bridgehead atoms. The summed E-state index contributed by atoms with van der Waals surface area (Å²) in [5.74, 6) is 0. The number of carbonyl (C=O) groups excluding carboxylic acids is 1. The molecule has 1 rings (SSSR count). The van der Waals surface area contributed by atoms with Crippen molar-refractivity contribution in [1.29, 1.82) is 0 Å². The SMILES string of the molecule is CC1CC(C=O)(CO)C(C)O1. The van der Waals surface area contributed by atoms with Crippen LogP contribution in [-0.2, 0) is 9.53 Å². The maximum absolute atomic E-state index is 10.7. The molecule has 64 valence electrons. The lowest BCUT2D eigenvalue weighted by atomic mass is 9.83. The van der Waals surface area contributed by atoms with Gasteiger partial charge in [-0.25, -0.2) is 0 Å². The van der Waals surface area contributed by atoms with Crippen molar-refractivity contribution in [2.24, 2.45) is 5.41 Å². The van der Waals surface area contributed by atoms with Gasteiger partial charge in [-0.2, -0.15) is 0 Å². The van der Waals surface area contributed by atoms with E-state index in [1.165, 1.54) is 0 Å². The summed E-state index contributed by atoms with van der Waals surface area (Å²) in [6, 6.07) is 0. The lowest BCUT2D eigenvalue weighted by Crippen LogP contribution is -2.34. The molecule has 1 fully saturated rings. The first-order valence-corrected chi connectivity index (χ1v) is 3.87. The fourth-order valence-corrected chi connectivity index (χ4v) is 1.61. The van der Waals surface area contributed by atoms with E-state index in [-0.39, 0.29) is 18.8 Å². The minimum Gasteiger partial charge on any atom is -0.395 e. The summed E-state index contributed by atoms with van der Waals surface area (Å²) in [5, 5.41) is 8.99. The molecule has 0 aromatic rings. The van der Waals surface area contributed by atoms with Gasteiger partial charge in [0.15, 0.2) is 0 Å². The third kappa shape index (κ3) is 1.30. The highest BCUT2D eigenvalue weighted by molar-refractivity contribution is 5.61. The molecule has 3 atom stereocenters. The molecule has 3 nitrogen and oxygen atoms in total. The van der Waals surface area contributed by atoms with Crippen LogP contribution >= 0.6 is 0 Å². The van der Waals surface area contributed by atoms with Crippen LogP contribution in [0.15, 0.2) is 0 Å². The number of aliphatic hydroxyl groups is 1. The van der Waals surface area contributed by atoms with Gasteiger partial charge in [0.1, 0.15) is 6.29 Å². The molecule has 0 saturated carbocycles. The topological polar surface area (TPSA) is 46.5 Å². The highest BCUT2D eigenvalue weighted by Crippen LogP contribution is 2.35. The van der Waals surface area contributed by atoms with Crippen LogP contribution < -0.4 is 0 Å². The van der Waals surface area contributed by atoms with Gasteiger partial charge in [0.2, 0.25) is 0 Å². The number of hydrogen-bond acceptors (Lipinski definition) is 3. The van der Waals surface area contributed by atoms with Gasteiger partial charge in [0.05, 0.1) is 24.2 Å². The Morgan fingerprint density at radius 1 is 1.73 bits per heavy atom. The van der Waals surface area contributed by atoms with Crippen molar-refractivity contribution >= 4 is 6.29 Å². The van der Waals surface area contributed by atoms with Gasteiger partial charge >= 0.3 is 0 Å². The Balaban J connectivity index is 2.75. The zero-order valence-electron chi connectivity index (χ0n) is 6.91. The molecule has 1 heterocycles. The third-order valence-corrected chi connectivity index (χ3v) is 2.44. The van der Waals surface area contributed by atoms with Gasteiger partial charge in [0, 0.05) is 0 Å². The molecule has 1 saturated heterocycles. The lowest BCUT2D eigenvalue weighted by Gasteiger charge is -2.21. The number of hydrogen-bond donors (Lipinski definition) is 1. The van der Waals surface area contributed by atoms with Gasteiger partial charge in [-0.05, 0) is 20.3 Å². The zero-order chi connectivity index (χ0) is 8.48. The Labute approximate surface area is 66.4 Å². The van der Waals surface area contributed by atoms with Crippen LogP contribution in [0.3, 0.4) is 0 Å². The van der Waals surface area contributed by atoms with Crippen molar-refractivity contribution in [3.8, 4) is 0 Å². The Hall–Kier alpha value is -0.410. The molecule has 0 spiro atoms. The molecular weight excluding hydrogens is 144 g/mol. The van der Waals surface area contributed by atoms with Crippen LogP contribution in [0.25, 0.3) is 0 Å². The summed E-state index contributed by atoms with van der Waals surface area (Å²) in [7, 11) is 0. The van der Waals surface area contributed by atoms with E-state index in [4.69, 9.17) is 9.84 Å². The summed E-state index contributed by atoms with van der Waals surface area (Å²) in [6.45, 7) is 3.63. The average Bonchev–Trinajstić information content (AvgIpc) is 2.27. The highest BCUT2D eigenvalue weighted by Gasteiger charge is 2.44. The van der Waals surface area contributed by atoms with Crippen LogP contribution in [0.2, 0.25) is 0 Å². The zero-order valence-corrected chi connectivity index (χ0v) is 6.91. The molecule has 0 aromatic heterocycles. The average molecular weight is 158 g/mol. The van der Waals surface area contributed by atoms with E-state index in [1.807, 2.05) is 13.8 Å². The van der Waals surface area contributed by atoms with E-state index in [1.54, 1.807) is 0 Å². The fraction of sp³-hybridized carbons (Fsp3) is 0.875. The Bertz CT molecular complexity index is 157. The molecule has 11 heavy (non-hydrogen) atoms. The number of carbonyl (C=O) groups is 1. The molecule has 1 aliphatic rings. The van der Waals surface area contributed by atoms with Gasteiger partial charge in [-0.1, -0.05) is 0 Å². The van der Waals surface area contributed by atoms with E-state index in [9.17, 15) is 4.79 Å². The van der Waals surface area contributed by atoms with Crippen LogP contribution in [0.5, 0.6) is 0 Å². The van der Waals surface area contributed by atoms with Gasteiger partial charge < -0.3 is 14.6 Å². The van der Waals surface area contributed by atoms with Crippen LogP contribution in [0, 0.1) is 5.41 Å². The van der Waals surface area contributed by atoms with Crippen molar-refractivity contribution < 1.29 is 14.6 Å². The normalized spacial score (nSPS) is 44.3. The Kier molecular flexibility index (Phi) is 2.30. The molecule has 0 aliphatic carbocycles. The second-order valence-corrected chi connectivity index (χ2v) is 3.30. The molecule has 0 aromatic carbocycles. The van der Waals surface area contributed by atoms with Crippen molar-refractivity contribution in [2.45, 2.75) is 32.5 Å². The minimum absolute atomic E-state index is 0.0855. The lowest BCUT2D eigenvalue weighted by molar-refractivity contribution is -0.121. The minimum atomic E-state index is -0.639. The maximum atomic E-state index is 10.7. The summed E-state index contributed by atoms with van der Waals surface area (Å²) in [6.07, 6.45) is 1.39. The van der Waals surface area contributed by atoms with Crippen LogP contribution in [-0.4, -0.2) is 30.2 Å². The molecule has 0 radical (unpaired) electrons. The van der Waals surface area contributed by atoms with E-state index in [0.29, 0.717) is 6.42 Å². The standard InChI is InChI=1S/C8H14O3/c1-6-3-8(4-9,5-10)7(2)11-6/h4,6-7,10H,3,5H2,1-2H3. The van der Waals surface area contributed by atoms with Gasteiger partial charge in [-0.15, -0.1) is 0 Å². The van der Waals surface area contributed by atoms with E-state index >= 15 is 0 Å². The summed E-state index contributed by atoms with van der Waals surface area (Å²) in [4.78, 5) is 10.7. The molecular formula is C8H14O3. The number of aldehydes is 1. The fourth-order valence-electron chi connectivity index (χ4n) is 1.61. The second kappa shape index (κ2) is 2.91. The number of rotatable bonds is 2. The largest absolute Gasteiger partial charge is 0.395 e. The van der Waals surface area contributed by atoms with Crippen LogP contribution in [0.4, 0.5) is 0 Å². The summed E-state index contributed by atoms with van der Waals surface area (Å²) >= 11 is 0. The highest BCUT2D eigenvalue weighted by atomic mass is 16.5. The van der Waals surface area contributed by atoms with E-state index < -0.39 is 5.41 Å². The number of aliphatic hydroxyl groups excluding tert-OH is 1. The van der Waals surface area contributed by atoms with Crippen molar-refractivity contribution in [3.63, 3.8) is 0 Å². The van der Waals surface area contributed by atoms with Crippen molar-refractivity contribution in [2.75, 3.05) is 6.61 Å². The first-order chi connectivity index (χ1) is 5.14. The molecule has 3 heteroatoms. The molecule has 1 N–H and O–H groups in total. The first kappa shape index (κ1) is 8.68. The van der Waals surface area contributed by atoms with Gasteiger partial charge in [-0.3, -0.25) is 0 Å². The maximum Gasteiger partial charge on any atom is 0.131 e. The third-order valence-electron chi connectivity index (χ3n) is 2.44. The van der Waals surface area contributed by atoms with Crippen molar-refractivity contribution in [1.82, 2.24) is 0 Å². The van der Waals surface area contributed by atoms with Crippen LogP contribution in [0.1, 0.15) is 20.3 Å². The summed E-state index contributed by atoms with van der Waals surface area (Å²) in [5.41, 5.74) is -0.639. The molecule has 0 amide bonds. The smallest absolute Gasteiger partial charge is 0.131 e.